The second-order valence-electron chi connectivity index (χ2n) is 6.68. The van der Waals surface area contributed by atoms with Gasteiger partial charge in [-0.15, -0.1) is 11.8 Å². The number of carbonyl (C=O) groups excluding carboxylic acids is 1. The standard InChI is InChI=1S/C19H23N3OS/c1-13-5-6-18-15(12-13)16(7-11-24-18)20-19(23)22-10-9-21-8-3-4-17(21)14(22)2/h3-6,8,12,14,16H,7,9-11H2,1-2H3,(H,20,23)/t14-,16+/m1/s1. The van der Waals surface area contributed by atoms with Crippen molar-refractivity contribution in [3.63, 3.8) is 0 Å². The van der Waals surface area contributed by atoms with E-state index in [-0.39, 0.29) is 18.1 Å². The predicted octanol–water partition coefficient (Wildman–Crippen LogP) is 4.12. The molecule has 4 nitrogen and oxygen atoms in total. The summed E-state index contributed by atoms with van der Waals surface area (Å²) in [6, 6.07) is 11.0. The number of aromatic nitrogens is 1. The first-order valence-electron chi connectivity index (χ1n) is 8.59. The van der Waals surface area contributed by atoms with Crippen molar-refractivity contribution in [2.75, 3.05) is 12.3 Å². The number of nitrogens with one attached hydrogen (secondary N) is 1. The highest BCUT2D eigenvalue weighted by Gasteiger charge is 2.30. The monoisotopic (exact) mass is 341 g/mol. The molecule has 2 aliphatic heterocycles. The predicted molar refractivity (Wildman–Crippen MR) is 97.3 cm³/mol. The molecule has 2 atom stereocenters. The average molecular weight is 341 g/mol. The summed E-state index contributed by atoms with van der Waals surface area (Å²) in [6.45, 7) is 5.85. The third kappa shape index (κ3) is 2.71. The second kappa shape index (κ2) is 6.20. The van der Waals surface area contributed by atoms with Gasteiger partial charge in [0.2, 0.25) is 0 Å². The summed E-state index contributed by atoms with van der Waals surface area (Å²) >= 11 is 1.89. The first-order valence-corrected chi connectivity index (χ1v) is 9.57. The zero-order valence-electron chi connectivity index (χ0n) is 14.2. The molecule has 3 heterocycles. The normalized spacial score (nSPS) is 22.7. The van der Waals surface area contributed by atoms with Crippen LogP contribution in [-0.4, -0.2) is 27.8 Å². The van der Waals surface area contributed by atoms with Gasteiger partial charge in [-0.1, -0.05) is 17.7 Å². The number of benzene rings is 1. The second-order valence-corrected chi connectivity index (χ2v) is 7.81. The Morgan fingerprint density at radius 1 is 1.29 bits per heavy atom. The van der Waals surface area contributed by atoms with Gasteiger partial charge in [0.25, 0.3) is 0 Å². The van der Waals surface area contributed by atoms with Crippen LogP contribution in [-0.2, 0) is 6.54 Å². The van der Waals surface area contributed by atoms with Crippen LogP contribution >= 0.6 is 11.8 Å². The van der Waals surface area contributed by atoms with E-state index < -0.39 is 0 Å². The van der Waals surface area contributed by atoms with Crippen molar-refractivity contribution < 1.29 is 4.79 Å². The van der Waals surface area contributed by atoms with Crippen LogP contribution in [0.5, 0.6) is 0 Å². The maximum atomic E-state index is 12.9. The highest BCUT2D eigenvalue weighted by Crippen LogP contribution is 2.37. The molecule has 126 valence electrons. The van der Waals surface area contributed by atoms with E-state index in [9.17, 15) is 4.79 Å². The molecule has 2 aromatic rings. The number of urea groups is 1. The molecule has 0 saturated heterocycles. The number of fused-ring (bicyclic) bond motifs is 2. The number of rotatable bonds is 1. The molecule has 2 amide bonds. The van der Waals surface area contributed by atoms with Crippen LogP contribution in [0, 0.1) is 6.92 Å². The van der Waals surface area contributed by atoms with Crippen LogP contribution in [0.4, 0.5) is 4.79 Å². The molecule has 24 heavy (non-hydrogen) atoms. The summed E-state index contributed by atoms with van der Waals surface area (Å²) in [4.78, 5) is 16.2. The summed E-state index contributed by atoms with van der Waals surface area (Å²) in [5.74, 6) is 1.05. The summed E-state index contributed by atoms with van der Waals surface area (Å²) in [5.41, 5.74) is 3.74. The Hall–Kier alpha value is -1.88. The number of aryl methyl sites for hydroxylation is 1. The van der Waals surface area contributed by atoms with E-state index in [0.29, 0.717) is 0 Å². The summed E-state index contributed by atoms with van der Waals surface area (Å²) in [7, 11) is 0. The molecular formula is C19H23N3OS. The topological polar surface area (TPSA) is 37.3 Å². The van der Waals surface area contributed by atoms with Gasteiger partial charge in [-0.25, -0.2) is 4.79 Å². The Morgan fingerprint density at radius 3 is 3.04 bits per heavy atom. The zero-order chi connectivity index (χ0) is 16.7. The largest absolute Gasteiger partial charge is 0.348 e. The molecule has 0 radical (unpaired) electrons. The van der Waals surface area contributed by atoms with E-state index in [4.69, 9.17) is 0 Å². The Kier molecular flexibility index (Phi) is 4.04. The molecule has 0 aliphatic carbocycles. The number of amides is 2. The maximum Gasteiger partial charge on any atom is 0.318 e. The number of carbonyl (C=O) groups is 1. The van der Waals surface area contributed by atoms with Gasteiger partial charge in [-0.05, 0) is 44.0 Å². The van der Waals surface area contributed by atoms with Crippen LogP contribution in [0.2, 0.25) is 0 Å². The Morgan fingerprint density at radius 2 is 2.17 bits per heavy atom. The minimum absolute atomic E-state index is 0.0549. The van der Waals surface area contributed by atoms with Crippen LogP contribution in [0.1, 0.15) is 42.2 Å². The zero-order valence-corrected chi connectivity index (χ0v) is 15.0. The van der Waals surface area contributed by atoms with E-state index in [1.165, 1.54) is 21.7 Å². The lowest BCUT2D eigenvalue weighted by molar-refractivity contribution is 0.158. The molecule has 4 rings (SSSR count). The molecule has 0 fully saturated rings. The number of hydrogen-bond donors (Lipinski definition) is 1. The molecule has 1 aromatic carbocycles. The Labute approximate surface area is 147 Å². The lowest BCUT2D eigenvalue weighted by Crippen LogP contribution is -2.47. The van der Waals surface area contributed by atoms with Gasteiger partial charge < -0.3 is 14.8 Å². The van der Waals surface area contributed by atoms with Gasteiger partial charge >= 0.3 is 6.03 Å². The molecule has 0 unspecified atom stereocenters. The van der Waals surface area contributed by atoms with Crippen molar-refractivity contribution in [1.29, 1.82) is 0 Å². The van der Waals surface area contributed by atoms with Crippen molar-refractivity contribution in [3.05, 3.63) is 53.3 Å². The average Bonchev–Trinajstić information content (AvgIpc) is 3.05. The number of hydrogen-bond acceptors (Lipinski definition) is 2. The minimum Gasteiger partial charge on any atom is -0.348 e. The molecule has 1 N–H and O–H groups in total. The van der Waals surface area contributed by atoms with E-state index in [1.54, 1.807) is 0 Å². The van der Waals surface area contributed by atoms with E-state index >= 15 is 0 Å². The third-order valence-electron chi connectivity index (χ3n) is 5.11. The summed E-state index contributed by atoms with van der Waals surface area (Å²) in [5, 5.41) is 3.29. The molecule has 0 bridgehead atoms. The van der Waals surface area contributed by atoms with Crippen LogP contribution in [0.25, 0.3) is 0 Å². The molecular weight excluding hydrogens is 318 g/mol. The lowest BCUT2D eigenvalue weighted by Gasteiger charge is -2.36. The van der Waals surface area contributed by atoms with Crippen LogP contribution in [0.3, 0.4) is 0 Å². The third-order valence-corrected chi connectivity index (χ3v) is 6.23. The SMILES string of the molecule is Cc1ccc2c(c1)[C@@H](NC(=O)N1CCn3cccc3[C@H]1C)CCS2. The fraction of sp³-hybridized carbons (Fsp3) is 0.421. The minimum atomic E-state index is 0.0549. The first kappa shape index (κ1) is 15.6. The quantitative estimate of drug-likeness (QED) is 0.847. The number of thioether (sulfide) groups is 1. The summed E-state index contributed by atoms with van der Waals surface area (Å²) < 4.78 is 2.24. The van der Waals surface area contributed by atoms with Crippen LogP contribution < -0.4 is 5.32 Å². The van der Waals surface area contributed by atoms with Gasteiger partial charge in [-0.2, -0.15) is 0 Å². The van der Waals surface area contributed by atoms with Crippen molar-refractivity contribution in [2.24, 2.45) is 0 Å². The Balaban J connectivity index is 1.53. The van der Waals surface area contributed by atoms with Crippen molar-refractivity contribution in [3.8, 4) is 0 Å². The highest BCUT2D eigenvalue weighted by molar-refractivity contribution is 7.99. The number of nitrogens with zero attached hydrogens (tertiary/aromatic N) is 2. The molecule has 1 aromatic heterocycles. The Bertz CT molecular complexity index is 770. The highest BCUT2D eigenvalue weighted by atomic mass is 32.2. The molecule has 2 aliphatic rings. The van der Waals surface area contributed by atoms with Gasteiger partial charge in [-0.3, -0.25) is 0 Å². The molecule has 0 saturated carbocycles. The maximum absolute atomic E-state index is 12.9. The summed E-state index contributed by atoms with van der Waals surface area (Å²) in [6.07, 6.45) is 3.09. The molecule has 5 heteroatoms. The molecule has 0 spiro atoms. The van der Waals surface area contributed by atoms with Crippen molar-refractivity contribution in [2.45, 2.75) is 43.8 Å². The van der Waals surface area contributed by atoms with E-state index in [0.717, 1.165) is 25.3 Å². The first-order chi connectivity index (χ1) is 11.6. The fourth-order valence-corrected chi connectivity index (χ4v) is 4.86. The van der Waals surface area contributed by atoms with Crippen molar-refractivity contribution in [1.82, 2.24) is 14.8 Å². The van der Waals surface area contributed by atoms with Gasteiger partial charge in [0.1, 0.15) is 0 Å². The van der Waals surface area contributed by atoms with Gasteiger partial charge in [0.15, 0.2) is 0 Å². The smallest absolute Gasteiger partial charge is 0.318 e. The van der Waals surface area contributed by atoms with Gasteiger partial charge in [0, 0.05) is 35.6 Å². The van der Waals surface area contributed by atoms with Crippen molar-refractivity contribution >= 4 is 17.8 Å². The van der Waals surface area contributed by atoms with E-state index in [1.807, 2.05) is 16.7 Å². The van der Waals surface area contributed by atoms with Gasteiger partial charge in [0.05, 0.1) is 12.1 Å². The fourth-order valence-electron chi connectivity index (χ4n) is 3.75. The van der Waals surface area contributed by atoms with Crippen LogP contribution in [0.15, 0.2) is 41.4 Å². The van der Waals surface area contributed by atoms with E-state index in [2.05, 4.69) is 60.3 Å². The lowest BCUT2D eigenvalue weighted by atomic mass is 10.0.